The van der Waals surface area contributed by atoms with Crippen LogP contribution >= 0.6 is 0 Å². The number of aryl methyl sites for hydroxylation is 1. The molecule has 0 bridgehead atoms. The van der Waals surface area contributed by atoms with Crippen LogP contribution in [0.3, 0.4) is 0 Å². The Labute approximate surface area is 133 Å². The summed E-state index contributed by atoms with van der Waals surface area (Å²) in [7, 11) is 1.95. The Morgan fingerprint density at radius 3 is 2.32 bits per heavy atom. The summed E-state index contributed by atoms with van der Waals surface area (Å²) >= 11 is 0. The number of hydrogen-bond donors (Lipinski definition) is 0. The largest absolute Gasteiger partial charge is 0.461 e. The molecule has 0 spiro atoms. The minimum atomic E-state index is -0.259. The van der Waals surface area contributed by atoms with Crippen LogP contribution in [0.2, 0.25) is 5.82 Å². The predicted octanol–water partition coefficient (Wildman–Crippen LogP) is 4.20. The van der Waals surface area contributed by atoms with Crippen molar-refractivity contribution in [3.8, 4) is 0 Å². The summed E-state index contributed by atoms with van der Waals surface area (Å²) in [6.45, 7) is 10.6. The number of para-hydroxylation sites is 1. The number of benzene rings is 1. The van der Waals surface area contributed by atoms with Gasteiger partial charge in [0.25, 0.3) is 0 Å². The van der Waals surface area contributed by atoms with Gasteiger partial charge in [0, 0.05) is 24.1 Å². The highest BCUT2D eigenvalue weighted by Crippen LogP contribution is 2.41. The normalized spacial score (nSPS) is 21.5. The molecule has 1 aromatic carbocycles. The lowest BCUT2D eigenvalue weighted by molar-refractivity contribution is 0.00578. The van der Waals surface area contributed by atoms with Crippen LogP contribution < -0.4 is 0 Å². The average Bonchev–Trinajstić information content (AvgIpc) is 2.85. The van der Waals surface area contributed by atoms with Crippen LogP contribution in [-0.4, -0.2) is 22.9 Å². The summed E-state index contributed by atoms with van der Waals surface area (Å²) in [5, 5.41) is 1.33. The topological polar surface area (TPSA) is 23.4 Å². The van der Waals surface area contributed by atoms with Crippen molar-refractivity contribution < 1.29 is 9.31 Å². The van der Waals surface area contributed by atoms with Gasteiger partial charge in [-0.25, -0.2) is 0 Å². The Balaban J connectivity index is 1.81. The standard InChI is InChI=1S/C18H26BNO2/c1-13(19-21-17(2,3)18(4,5)22-19)11-14-12-20(6)16-10-8-7-9-15(14)16/h7-10,12-13H,11H2,1-6H3. The Bertz CT molecular complexity index is 673. The molecule has 1 unspecified atom stereocenters. The minimum Gasteiger partial charge on any atom is -0.403 e. The third-order valence-electron chi connectivity index (χ3n) is 5.26. The molecule has 1 aliphatic rings. The molecule has 0 radical (unpaired) electrons. The van der Waals surface area contributed by atoms with Gasteiger partial charge >= 0.3 is 7.12 Å². The van der Waals surface area contributed by atoms with Crippen molar-refractivity contribution in [3.05, 3.63) is 36.0 Å². The van der Waals surface area contributed by atoms with E-state index in [1.165, 1.54) is 16.5 Å². The number of nitrogens with zero attached hydrogens (tertiary/aromatic N) is 1. The molecule has 4 heteroatoms. The molecule has 2 aromatic rings. The van der Waals surface area contributed by atoms with E-state index in [4.69, 9.17) is 9.31 Å². The monoisotopic (exact) mass is 299 g/mol. The summed E-state index contributed by atoms with van der Waals surface area (Å²) in [5.74, 6) is 0.312. The van der Waals surface area contributed by atoms with E-state index in [1.807, 2.05) is 0 Å². The average molecular weight is 299 g/mol. The summed E-state index contributed by atoms with van der Waals surface area (Å²) in [6, 6.07) is 8.55. The minimum absolute atomic E-state index is 0.149. The summed E-state index contributed by atoms with van der Waals surface area (Å²) in [6.07, 6.45) is 3.19. The first kappa shape index (κ1) is 15.6. The van der Waals surface area contributed by atoms with E-state index in [-0.39, 0.29) is 18.3 Å². The second kappa shape index (κ2) is 5.14. The quantitative estimate of drug-likeness (QED) is 0.793. The van der Waals surface area contributed by atoms with E-state index >= 15 is 0 Å². The molecule has 0 saturated carbocycles. The van der Waals surface area contributed by atoms with Crippen LogP contribution in [0, 0.1) is 0 Å². The fourth-order valence-corrected chi connectivity index (χ4v) is 3.15. The van der Waals surface area contributed by atoms with E-state index in [0.29, 0.717) is 5.82 Å². The summed E-state index contributed by atoms with van der Waals surface area (Å²) < 4.78 is 14.6. The molecule has 3 nitrogen and oxygen atoms in total. The second-order valence-electron chi connectivity index (χ2n) is 7.59. The molecule has 1 fully saturated rings. The van der Waals surface area contributed by atoms with Gasteiger partial charge in [0.2, 0.25) is 0 Å². The van der Waals surface area contributed by atoms with Gasteiger partial charge in [0.05, 0.1) is 11.2 Å². The number of rotatable bonds is 3. The molecule has 1 saturated heterocycles. The van der Waals surface area contributed by atoms with Gasteiger partial charge in [-0.05, 0) is 51.6 Å². The maximum absolute atomic E-state index is 6.19. The van der Waals surface area contributed by atoms with E-state index in [1.54, 1.807) is 0 Å². The van der Waals surface area contributed by atoms with Gasteiger partial charge in [-0.1, -0.05) is 25.1 Å². The van der Waals surface area contributed by atoms with Crippen molar-refractivity contribution in [2.75, 3.05) is 0 Å². The Kier molecular flexibility index (Phi) is 3.65. The third-order valence-corrected chi connectivity index (χ3v) is 5.26. The van der Waals surface area contributed by atoms with Crippen molar-refractivity contribution in [3.63, 3.8) is 0 Å². The van der Waals surface area contributed by atoms with Crippen LogP contribution in [-0.2, 0) is 22.8 Å². The molecule has 1 aliphatic heterocycles. The second-order valence-corrected chi connectivity index (χ2v) is 7.59. The molecule has 1 aromatic heterocycles. The molecule has 3 rings (SSSR count). The first-order valence-electron chi connectivity index (χ1n) is 8.10. The SMILES string of the molecule is CC(Cc1cn(C)c2ccccc12)B1OC(C)(C)C(C)(C)O1. The van der Waals surface area contributed by atoms with Crippen molar-refractivity contribution in [1.82, 2.24) is 4.57 Å². The molecule has 0 aliphatic carbocycles. The lowest BCUT2D eigenvalue weighted by Gasteiger charge is -2.32. The van der Waals surface area contributed by atoms with Crippen molar-refractivity contribution in [2.45, 2.75) is 58.1 Å². The molecule has 1 atom stereocenters. The number of fused-ring (bicyclic) bond motifs is 1. The van der Waals surface area contributed by atoms with E-state index in [0.717, 1.165) is 6.42 Å². The highest BCUT2D eigenvalue weighted by Gasteiger charge is 2.52. The fourth-order valence-electron chi connectivity index (χ4n) is 3.15. The first-order valence-corrected chi connectivity index (χ1v) is 8.10. The van der Waals surface area contributed by atoms with Gasteiger partial charge in [-0.15, -0.1) is 0 Å². The molecule has 2 heterocycles. The molecule has 118 valence electrons. The Hall–Kier alpha value is -1.26. The van der Waals surface area contributed by atoms with Crippen LogP contribution in [0.1, 0.15) is 40.2 Å². The molecule has 0 N–H and O–H groups in total. The van der Waals surface area contributed by atoms with Gasteiger partial charge in [-0.2, -0.15) is 0 Å². The highest BCUT2D eigenvalue weighted by atomic mass is 16.7. The molecular formula is C18H26BNO2. The number of hydrogen-bond acceptors (Lipinski definition) is 2. The summed E-state index contributed by atoms with van der Waals surface area (Å²) in [5.41, 5.74) is 2.12. The smallest absolute Gasteiger partial charge is 0.403 e. The lowest BCUT2D eigenvalue weighted by atomic mass is 9.70. The van der Waals surface area contributed by atoms with Crippen LogP contribution in [0.25, 0.3) is 10.9 Å². The lowest BCUT2D eigenvalue weighted by Crippen LogP contribution is -2.41. The van der Waals surface area contributed by atoms with Crippen LogP contribution in [0.15, 0.2) is 30.5 Å². The van der Waals surface area contributed by atoms with Crippen molar-refractivity contribution in [2.24, 2.45) is 7.05 Å². The predicted molar refractivity (Wildman–Crippen MR) is 92.1 cm³/mol. The maximum atomic E-state index is 6.19. The number of aromatic nitrogens is 1. The zero-order valence-corrected chi connectivity index (χ0v) is 14.5. The first-order chi connectivity index (χ1) is 10.2. The van der Waals surface area contributed by atoms with Gasteiger partial charge in [0.15, 0.2) is 0 Å². The molecule has 0 amide bonds. The summed E-state index contributed by atoms with van der Waals surface area (Å²) in [4.78, 5) is 0. The highest BCUT2D eigenvalue weighted by molar-refractivity contribution is 6.47. The zero-order chi connectivity index (χ0) is 16.1. The Morgan fingerprint density at radius 1 is 1.09 bits per heavy atom. The van der Waals surface area contributed by atoms with E-state index in [9.17, 15) is 0 Å². The van der Waals surface area contributed by atoms with Gasteiger partial charge in [0.1, 0.15) is 0 Å². The Morgan fingerprint density at radius 2 is 1.68 bits per heavy atom. The molecular weight excluding hydrogens is 273 g/mol. The zero-order valence-electron chi connectivity index (χ0n) is 14.5. The van der Waals surface area contributed by atoms with Gasteiger partial charge in [-0.3, -0.25) is 0 Å². The van der Waals surface area contributed by atoms with Crippen LogP contribution in [0.5, 0.6) is 0 Å². The fraction of sp³-hybridized carbons (Fsp3) is 0.556. The van der Waals surface area contributed by atoms with E-state index < -0.39 is 0 Å². The molecule has 22 heavy (non-hydrogen) atoms. The third kappa shape index (κ3) is 2.48. The van der Waals surface area contributed by atoms with Crippen LogP contribution in [0.4, 0.5) is 0 Å². The van der Waals surface area contributed by atoms with Gasteiger partial charge < -0.3 is 13.9 Å². The van der Waals surface area contributed by atoms with Crippen molar-refractivity contribution >= 4 is 18.0 Å². The maximum Gasteiger partial charge on any atom is 0.461 e. The van der Waals surface area contributed by atoms with E-state index in [2.05, 4.69) is 76.7 Å². The van der Waals surface area contributed by atoms with Crippen molar-refractivity contribution in [1.29, 1.82) is 0 Å².